The van der Waals surface area contributed by atoms with Crippen molar-refractivity contribution >= 4 is 22.4 Å². The Balaban J connectivity index is 1.94. The Bertz CT molecular complexity index is 927. The zero-order valence-electron chi connectivity index (χ0n) is 14.6. The van der Waals surface area contributed by atoms with Gasteiger partial charge in [0.15, 0.2) is 0 Å². The van der Waals surface area contributed by atoms with Crippen molar-refractivity contribution < 1.29 is 4.74 Å². The molecule has 1 atom stereocenters. The van der Waals surface area contributed by atoms with Gasteiger partial charge in [0.25, 0.3) is 0 Å². The monoisotopic (exact) mass is 327 g/mol. The quantitative estimate of drug-likeness (QED) is 0.420. The maximum atomic E-state index is 9.66. The smallest absolute Gasteiger partial charge is 0.119 e. The van der Waals surface area contributed by atoms with Gasteiger partial charge in [0.05, 0.1) is 17.7 Å². The summed E-state index contributed by atoms with van der Waals surface area (Å²) >= 11 is 0. The molecule has 0 radical (unpaired) electrons. The van der Waals surface area contributed by atoms with Crippen LogP contribution in [-0.4, -0.2) is 6.10 Å². The van der Waals surface area contributed by atoms with Gasteiger partial charge in [-0.05, 0) is 47.9 Å². The lowest BCUT2D eigenvalue weighted by Crippen LogP contribution is -2.09. The molecule has 0 spiro atoms. The van der Waals surface area contributed by atoms with Crippen LogP contribution in [-0.2, 0) is 0 Å². The molecule has 0 aromatic heterocycles. The number of fused-ring (bicyclic) bond motifs is 1. The summed E-state index contributed by atoms with van der Waals surface area (Å²) in [5.74, 6) is 0.857. The van der Waals surface area contributed by atoms with E-state index in [1.807, 2.05) is 54.6 Å². The number of benzene rings is 3. The van der Waals surface area contributed by atoms with Gasteiger partial charge in [0, 0.05) is 5.56 Å². The normalized spacial score (nSPS) is 12.6. The van der Waals surface area contributed by atoms with Crippen LogP contribution in [0.3, 0.4) is 0 Å². The molecular formula is C23H21NO. The van der Waals surface area contributed by atoms with Crippen molar-refractivity contribution in [2.45, 2.75) is 26.4 Å². The second-order valence-corrected chi connectivity index (χ2v) is 6.10. The van der Waals surface area contributed by atoms with Crippen molar-refractivity contribution in [3.63, 3.8) is 0 Å². The van der Waals surface area contributed by atoms with Crippen LogP contribution >= 0.6 is 0 Å². The molecule has 0 heterocycles. The van der Waals surface area contributed by atoms with E-state index in [-0.39, 0.29) is 6.10 Å². The maximum Gasteiger partial charge on any atom is 0.119 e. The van der Waals surface area contributed by atoms with Gasteiger partial charge in [-0.15, -0.1) is 0 Å². The lowest BCUT2D eigenvalue weighted by Gasteiger charge is -2.12. The van der Waals surface area contributed by atoms with Gasteiger partial charge < -0.3 is 4.74 Å². The number of hydrogen-bond acceptors (Lipinski definition) is 2. The molecule has 0 amide bonds. The summed E-state index contributed by atoms with van der Waals surface area (Å²) in [5.41, 5.74) is 2.61. The van der Waals surface area contributed by atoms with E-state index in [4.69, 9.17) is 4.74 Å². The first-order chi connectivity index (χ1) is 12.2. The SMILES string of the molecule is CC[C@@H](C)Oc1ccc(/C=C(\C#N)c2cccc3ccccc23)cc1. The van der Waals surface area contributed by atoms with Gasteiger partial charge in [0.1, 0.15) is 5.75 Å². The van der Waals surface area contributed by atoms with Crippen LogP contribution in [0, 0.1) is 11.3 Å². The second-order valence-electron chi connectivity index (χ2n) is 6.10. The molecule has 2 heteroatoms. The fraction of sp³-hybridized carbons (Fsp3) is 0.174. The van der Waals surface area contributed by atoms with Crippen molar-refractivity contribution in [1.82, 2.24) is 0 Å². The average molecular weight is 327 g/mol. The standard InChI is InChI=1S/C23H21NO/c1-3-17(2)25-21-13-11-18(12-14-21)15-20(16-24)23-10-6-8-19-7-4-5-9-22(19)23/h4-15,17H,3H2,1-2H3/b20-15+/t17-/m1/s1. The molecule has 25 heavy (non-hydrogen) atoms. The van der Waals surface area contributed by atoms with Crippen molar-refractivity contribution in [2.24, 2.45) is 0 Å². The number of rotatable bonds is 5. The first kappa shape index (κ1) is 16.8. The molecule has 0 aliphatic carbocycles. The van der Waals surface area contributed by atoms with Gasteiger partial charge in [-0.2, -0.15) is 5.26 Å². The minimum atomic E-state index is 0.201. The van der Waals surface area contributed by atoms with Crippen LogP contribution in [0.5, 0.6) is 5.75 Å². The van der Waals surface area contributed by atoms with Crippen LogP contribution in [0.1, 0.15) is 31.4 Å². The predicted octanol–water partition coefficient (Wildman–Crippen LogP) is 6.08. The molecule has 124 valence electrons. The van der Waals surface area contributed by atoms with Crippen molar-refractivity contribution in [3.8, 4) is 11.8 Å². The Morgan fingerprint density at radius 3 is 2.48 bits per heavy atom. The molecule has 0 saturated heterocycles. The fourth-order valence-corrected chi connectivity index (χ4v) is 2.76. The molecule has 0 saturated carbocycles. The molecule has 3 aromatic carbocycles. The Hall–Kier alpha value is -3.05. The molecule has 3 aromatic rings. The molecule has 0 aliphatic rings. The lowest BCUT2D eigenvalue weighted by molar-refractivity contribution is 0.217. The first-order valence-electron chi connectivity index (χ1n) is 8.58. The topological polar surface area (TPSA) is 33.0 Å². The number of allylic oxidation sites excluding steroid dienone is 1. The maximum absolute atomic E-state index is 9.66. The molecular weight excluding hydrogens is 306 g/mol. The molecule has 0 fully saturated rings. The number of nitriles is 1. The van der Waals surface area contributed by atoms with Gasteiger partial charge in [-0.1, -0.05) is 61.5 Å². The Kier molecular flexibility index (Phi) is 5.16. The largest absolute Gasteiger partial charge is 0.491 e. The molecule has 0 bridgehead atoms. The van der Waals surface area contributed by atoms with E-state index < -0.39 is 0 Å². The number of nitrogens with zero attached hydrogens (tertiary/aromatic N) is 1. The van der Waals surface area contributed by atoms with E-state index in [0.29, 0.717) is 5.57 Å². The van der Waals surface area contributed by atoms with Crippen LogP contribution in [0.2, 0.25) is 0 Å². The van der Waals surface area contributed by atoms with Crippen LogP contribution < -0.4 is 4.74 Å². The van der Waals surface area contributed by atoms with E-state index in [0.717, 1.165) is 34.1 Å². The van der Waals surface area contributed by atoms with Gasteiger partial charge in [-0.25, -0.2) is 0 Å². The minimum absolute atomic E-state index is 0.201. The van der Waals surface area contributed by atoms with Crippen molar-refractivity contribution in [2.75, 3.05) is 0 Å². The zero-order chi connectivity index (χ0) is 17.6. The Morgan fingerprint density at radius 2 is 1.76 bits per heavy atom. The highest BCUT2D eigenvalue weighted by Gasteiger charge is 2.06. The van der Waals surface area contributed by atoms with Crippen LogP contribution in [0.25, 0.3) is 22.4 Å². The van der Waals surface area contributed by atoms with Gasteiger partial charge in [-0.3, -0.25) is 0 Å². The summed E-state index contributed by atoms with van der Waals surface area (Å²) in [6.45, 7) is 4.16. The third-order valence-electron chi connectivity index (χ3n) is 4.30. The third kappa shape index (κ3) is 3.89. The van der Waals surface area contributed by atoms with E-state index in [9.17, 15) is 5.26 Å². The highest BCUT2D eigenvalue weighted by Crippen LogP contribution is 2.27. The van der Waals surface area contributed by atoms with Crippen molar-refractivity contribution in [3.05, 3.63) is 77.9 Å². The van der Waals surface area contributed by atoms with Crippen molar-refractivity contribution in [1.29, 1.82) is 5.26 Å². The molecule has 2 nitrogen and oxygen atoms in total. The first-order valence-corrected chi connectivity index (χ1v) is 8.58. The van der Waals surface area contributed by atoms with E-state index in [1.54, 1.807) is 0 Å². The van der Waals surface area contributed by atoms with Gasteiger partial charge in [0.2, 0.25) is 0 Å². The van der Waals surface area contributed by atoms with E-state index >= 15 is 0 Å². The van der Waals surface area contributed by atoms with E-state index in [2.05, 4.69) is 38.1 Å². The molecule has 0 N–H and O–H groups in total. The highest BCUT2D eigenvalue weighted by atomic mass is 16.5. The summed E-state index contributed by atoms with van der Waals surface area (Å²) in [4.78, 5) is 0. The average Bonchev–Trinajstić information content (AvgIpc) is 2.67. The summed E-state index contributed by atoms with van der Waals surface area (Å²) in [5, 5.41) is 11.9. The number of hydrogen-bond donors (Lipinski definition) is 0. The molecule has 0 aliphatic heterocycles. The summed E-state index contributed by atoms with van der Waals surface area (Å²) in [6.07, 6.45) is 3.10. The summed E-state index contributed by atoms with van der Waals surface area (Å²) < 4.78 is 5.81. The Morgan fingerprint density at radius 1 is 1.04 bits per heavy atom. The zero-order valence-corrected chi connectivity index (χ0v) is 14.6. The second kappa shape index (κ2) is 7.68. The fourth-order valence-electron chi connectivity index (χ4n) is 2.76. The predicted molar refractivity (Wildman–Crippen MR) is 104 cm³/mol. The molecule has 3 rings (SSSR count). The lowest BCUT2D eigenvalue weighted by atomic mass is 9.97. The van der Waals surface area contributed by atoms with Gasteiger partial charge >= 0.3 is 0 Å². The number of ether oxygens (including phenoxy) is 1. The third-order valence-corrected chi connectivity index (χ3v) is 4.30. The highest BCUT2D eigenvalue weighted by molar-refractivity contribution is 6.01. The van der Waals surface area contributed by atoms with E-state index in [1.165, 1.54) is 0 Å². The van der Waals surface area contributed by atoms with Crippen LogP contribution in [0.4, 0.5) is 0 Å². The molecule has 0 unspecified atom stereocenters. The summed E-state index contributed by atoms with van der Waals surface area (Å²) in [7, 11) is 0. The summed E-state index contributed by atoms with van der Waals surface area (Å²) in [6, 6.07) is 24.4. The minimum Gasteiger partial charge on any atom is -0.491 e. The Labute approximate surface area is 149 Å². The van der Waals surface area contributed by atoms with Crippen LogP contribution in [0.15, 0.2) is 66.7 Å².